The van der Waals surface area contributed by atoms with Crippen molar-refractivity contribution in [3.8, 4) is 11.4 Å². The third kappa shape index (κ3) is 4.00. The number of fused-ring (bicyclic) bond motifs is 1. The van der Waals surface area contributed by atoms with E-state index in [1.165, 1.54) is 11.1 Å². The Morgan fingerprint density at radius 2 is 1.86 bits per heavy atom. The lowest BCUT2D eigenvalue weighted by Gasteiger charge is -2.27. The van der Waals surface area contributed by atoms with Crippen molar-refractivity contribution in [1.82, 2.24) is 24.7 Å². The molecule has 3 aromatic heterocycles. The fraction of sp³-hybridized carbons (Fsp3) is 0.286. The van der Waals surface area contributed by atoms with Gasteiger partial charge in [0.05, 0.1) is 13.2 Å². The summed E-state index contributed by atoms with van der Waals surface area (Å²) in [5.41, 5.74) is 4.39. The van der Waals surface area contributed by atoms with Gasteiger partial charge in [-0.15, -0.1) is 15.3 Å². The molecule has 0 unspecified atom stereocenters. The SMILES string of the molecule is c1ccc(CN2CCOCC2)c(CNc2ccc3nnc(-c4ccsc4)n3n2)c1. The summed E-state index contributed by atoms with van der Waals surface area (Å²) in [5, 5.41) is 20.8. The molecule has 0 aliphatic carbocycles. The molecule has 0 amide bonds. The quantitative estimate of drug-likeness (QED) is 0.530. The van der Waals surface area contributed by atoms with Gasteiger partial charge in [-0.25, -0.2) is 0 Å². The van der Waals surface area contributed by atoms with Gasteiger partial charge in [-0.05, 0) is 34.7 Å². The molecule has 0 atom stereocenters. The van der Waals surface area contributed by atoms with Crippen molar-refractivity contribution in [3.05, 3.63) is 64.4 Å². The zero-order chi connectivity index (χ0) is 19.5. The van der Waals surface area contributed by atoms with Crippen LogP contribution in [0.15, 0.2) is 53.2 Å². The molecular formula is C21H22N6OS. The van der Waals surface area contributed by atoms with Crippen LogP contribution in [0.4, 0.5) is 5.82 Å². The molecule has 1 aliphatic rings. The Labute approximate surface area is 173 Å². The topological polar surface area (TPSA) is 67.6 Å². The highest BCUT2D eigenvalue weighted by molar-refractivity contribution is 7.08. The Morgan fingerprint density at radius 3 is 2.69 bits per heavy atom. The maximum Gasteiger partial charge on any atom is 0.186 e. The second kappa shape index (κ2) is 8.28. The van der Waals surface area contributed by atoms with Crippen LogP contribution in [-0.2, 0) is 17.8 Å². The molecule has 29 heavy (non-hydrogen) atoms. The number of rotatable bonds is 6. The second-order valence-corrected chi connectivity index (χ2v) is 7.82. The fourth-order valence-corrected chi connectivity index (χ4v) is 4.16. The number of hydrogen-bond acceptors (Lipinski definition) is 7. The zero-order valence-electron chi connectivity index (χ0n) is 16.0. The first-order valence-corrected chi connectivity index (χ1v) is 10.7. The van der Waals surface area contributed by atoms with Crippen LogP contribution in [-0.4, -0.2) is 51.0 Å². The van der Waals surface area contributed by atoms with Crippen molar-refractivity contribution >= 4 is 22.8 Å². The summed E-state index contributed by atoms with van der Waals surface area (Å²) >= 11 is 1.64. The molecule has 1 N–H and O–H groups in total. The Balaban J connectivity index is 1.34. The first kappa shape index (κ1) is 18.2. The van der Waals surface area contributed by atoms with Crippen LogP contribution in [0.2, 0.25) is 0 Å². The molecule has 4 aromatic rings. The van der Waals surface area contributed by atoms with Gasteiger partial charge in [0.15, 0.2) is 11.5 Å². The predicted octanol–water partition coefficient (Wildman–Crippen LogP) is 3.30. The van der Waals surface area contributed by atoms with E-state index in [1.807, 2.05) is 23.6 Å². The summed E-state index contributed by atoms with van der Waals surface area (Å²) in [6.07, 6.45) is 0. The lowest BCUT2D eigenvalue weighted by molar-refractivity contribution is 0.0341. The largest absolute Gasteiger partial charge is 0.379 e. The molecule has 148 valence electrons. The van der Waals surface area contributed by atoms with E-state index in [2.05, 4.69) is 50.1 Å². The number of nitrogens with zero attached hydrogens (tertiary/aromatic N) is 5. The van der Waals surface area contributed by atoms with Gasteiger partial charge in [-0.1, -0.05) is 24.3 Å². The van der Waals surface area contributed by atoms with E-state index in [4.69, 9.17) is 9.84 Å². The van der Waals surface area contributed by atoms with Crippen LogP contribution >= 0.6 is 11.3 Å². The Bertz CT molecular complexity index is 1090. The highest BCUT2D eigenvalue weighted by Gasteiger charge is 2.13. The third-order valence-corrected chi connectivity index (χ3v) is 5.80. The van der Waals surface area contributed by atoms with E-state index in [9.17, 15) is 0 Å². The summed E-state index contributed by atoms with van der Waals surface area (Å²) in [4.78, 5) is 2.44. The minimum atomic E-state index is 0.717. The van der Waals surface area contributed by atoms with Gasteiger partial charge in [0.2, 0.25) is 0 Å². The number of thiophene rings is 1. The molecule has 8 heteroatoms. The number of ether oxygens (including phenoxy) is 1. The maximum atomic E-state index is 5.46. The van der Waals surface area contributed by atoms with E-state index in [-0.39, 0.29) is 0 Å². The molecule has 1 aliphatic heterocycles. The smallest absolute Gasteiger partial charge is 0.186 e. The van der Waals surface area contributed by atoms with Crippen LogP contribution in [0.1, 0.15) is 11.1 Å². The maximum absolute atomic E-state index is 5.46. The Kier molecular flexibility index (Phi) is 5.21. The summed E-state index contributed by atoms with van der Waals surface area (Å²) < 4.78 is 7.26. The number of nitrogens with one attached hydrogen (secondary N) is 1. The molecule has 1 aromatic carbocycles. The summed E-state index contributed by atoms with van der Waals surface area (Å²) in [5.74, 6) is 1.56. The molecule has 5 rings (SSSR count). The standard InChI is InChI=1S/C21H22N6OS/c1-2-4-17(14-26-8-10-28-11-9-26)16(3-1)13-22-19-5-6-20-23-24-21(27(20)25-19)18-7-12-29-15-18/h1-7,12,15H,8-11,13-14H2,(H,22,25). The van der Waals surface area contributed by atoms with Crippen molar-refractivity contribution in [3.63, 3.8) is 0 Å². The number of benzene rings is 1. The molecule has 1 saturated heterocycles. The highest BCUT2D eigenvalue weighted by Crippen LogP contribution is 2.21. The molecule has 0 bridgehead atoms. The summed E-state index contributed by atoms with van der Waals surface area (Å²) in [7, 11) is 0. The van der Waals surface area contributed by atoms with E-state index in [0.29, 0.717) is 0 Å². The lowest BCUT2D eigenvalue weighted by atomic mass is 10.1. The lowest BCUT2D eigenvalue weighted by Crippen LogP contribution is -2.35. The van der Waals surface area contributed by atoms with E-state index in [1.54, 1.807) is 15.9 Å². The zero-order valence-corrected chi connectivity index (χ0v) is 16.8. The van der Waals surface area contributed by atoms with Crippen molar-refractivity contribution in [2.24, 2.45) is 0 Å². The van der Waals surface area contributed by atoms with E-state index < -0.39 is 0 Å². The summed E-state index contributed by atoms with van der Waals surface area (Å²) in [6.45, 7) is 5.26. The molecule has 0 saturated carbocycles. The van der Waals surface area contributed by atoms with Crippen LogP contribution in [0.3, 0.4) is 0 Å². The number of anilines is 1. The minimum Gasteiger partial charge on any atom is -0.379 e. The number of hydrogen-bond donors (Lipinski definition) is 1. The molecule has 0 spiro atoms. The molecular weight excluding hydrogens is 384 g/mol. The van der Waals surface area contributed by atoms with Crippen LogP contribution in [0, 0.1) is 0 Å². The van der Waals surface area contributed by atoms with Crippen LogP contribution < -0.4 is 5.32 Å². The monoisotopic (exact) mass is 406 g/mol. The van der Waals surface area contributed by atoms with Crippen molar-refractivity contribution in [1.29, 1.82) is 0 Å². The van der Waals surface area contributed by atoms with Gasteiger partial charge in [0.25, 0.3) is 0 Å². The molecule has 0 radical (unpaired) electrons. The van der Waals surface area contributed by atoms with Crippen molar-refractivity contribution in [2.75, 3.05) is 31.6 Å². The first-order chi connectivity index (χ1) is 14.4. The molecule has 1 fully saturated rings. The van der Waals surface area contributed by atoms with Gasteiger partial charge in [0, 0.05) is 37.1 Å². The second-order valence-electron chi connectivity index (χ2n) is 7.03. The Hall–Kier alpha value is -2.81. The van der Waals surface area contributed by atoms with E-state index in [0.717, 1.165) is 62.2 Å². The average molecular weight is 407 g/mol. The van der Waals surface area contributed by atoms with Crippen LogP contribution in [0.5, 0.6) is 0 Å². The minimum absolute atomic E-state index is 0.717. The van der Waals surface area contributed by atoms with Gasteiger partial charge in [-0.3, -0.25) is 4.90 Å². The molecule has 7 nitrogen and oxygen atoms in total. The fourth-order valence-electron chi connectivity index (χ4n) is 3.53. The van der Waals surface area contributed by atoms with Gasteiger partial charge >= 0.3 is 0 Å². The van der Waals surface area contributed by atoms with Gasteiger partial charge < -0.3 is 10.1 Å². The average Bonchev–Trinajstić information content (AvgIpc) is 3.43. The predicted molar refractivity (Wildman–Crippen MR) is 114 cm³/mol. The molecule has 4 heterocycles. The number of aromatic nitrogens is 4. The highest BCUT2D eigenvalue weighted by atomic mass is 32.1. The first-order valence-electron chi connectivity index (χ1n) is 9.72. The Morgan fingerprint density at radius 1 is 1.00 bits per heavy atom. The van der Waals surface area contributed by atoms with Crippen LogP contribution in [0.25, 0.3) is 17.0 Å². The van der Waals surface area contributed by atoms with Gasteiger partial charge in [0.1, 0.15) is 5.82 Å². The van der Waals surface area contributed by atoms with E-state index >= 15 is 0 Å². The number of morpholine rings is 1. The third-order valence-electron chi connectivity index (χ3n) is 5.12. The van der Waals surface area contributed by atoms with Gasteiger partial charge in [-0.2, -0.15) is 15.9 Å². The van der Waals surface area contributed by atoms with Crippen molar-refractivity contribution < 1.29 is 4.74 Å². The normalized spacial score (nSPS) is 15.0. The summed E-state index contributed by atoms with van der Waals surface area (Å²) in [6, 6.07) is 14.5. The van der Waals surface area contributed by atoms with Crippen molar-refractivity contribution in [2.45, 2.75) is 13.1 Å².